The molecule has 0 fully saturated rings. The Labute approximate surface area is 153 Å². The number of benzene rings is 2. The molecule has 0 spiro atoms. The number of hydrogen-bond donors (Lipinski definition) is 0. The van der Waals surface area contributed by atoms with E-state index in [-0.39, 0.29) is 10.8 Å². The second-order valence-corrected chi connectivity index (χ2v) is 8.23. The molecule has 0 radical (unpaired) electrons. The zero-order chi connectivity index (χ0) is 18.6. The first-order valence-corrected chi connectivity index (χ1v) is 9.90. The number of sulfone groups is 1. The number of halogens is 1. The quantitative estimate of drug-likeness (QED) is 0.770. The molecule has 0 saturated carbocycles. The molecular weight excluding hydrogens is 362 g/mol. The number of aryl methyl sites for hydroxylation is 1. The Bertz CT molecular complexity index is 863. The number of carbonyl (C=O) groups is 1. The van der Waals surface area contributed by atoms with Crippen molar-refractivity contribution in [3.05, 3.63) is 58.6 Å². The summed E-state index contributed by atoms with van der Waals surface area (Å²) in [7, 11) is -1.71. The van der Waals surface area contributed by atoms with Crippen LogP contribution in [0.4, 0.5) is 0 Å². The molecule has 0 aliphatic carbocycles. The zero-order valence-corrected chi connectivity index (χ0v) is 15.9. The minimum atomic E-state index is -3.36. The lowest BCUT2D eigenvalue weighted by atomic mass is 10.1. The summed E-state index contributed by atoms with van der Waals surface area (Å²) in [5, 5.41) is 0.626. The summed E-state index contributed by atoms with van der Waals surface area (Å²) in [5.74, 6) is 0.420. The predicted octanol–water partition coefficient (Wildman–Crippen LogP) is 3.20. The summed E-state index contributed by atoms with van der Waals surface area (Å²) in [6.07, 6.45) is 1.12. The third-order valence-corrected chi connectivity index (χ3v) is 5.09. The lowest BCUT2D eigenvalue weighted by Crippen LogP contribution is -2.31. The van der Waals surface area contributed by atoms with Crippen molar-refractivity contribution in [2.75, 3.05) is 26.5 Å². The molecule has 0 heterocycles. The molecule has 0 bridgehead atoms. The molecule has 0 N–H and O–H groups in total. The van der Waals surface area contributed by atoms with Crippen LogP contribution in [0, 0.1) is 6.92 Å². The maximum atomic E-state index is 12.6. The van der Waals surface area contributed by atoms with Crippen LogP contribution < -0.4 is 4.74 Å². The van der Waals surface area contributed by atoms with E-state index >= 15 is 0 Å². The van der Waals surface area contributed by atoms with E-state index in [0.717, 1.165) is 11.8 Å². The van der Waals surface area contributed by atoms with Crippen LogP contribution in [0.3, 0.4) is 0 Å². The summed E-state index contributed by atoms with van der Waals surface area (Å²) in [6, 6.07) is 11.5. The van der Waals surface area contributed by atoms with Gasteiger partial charge in [-0.15, -0.1) is 0 Å². The van der Waals surface area contributed by atoms with Gasteiger partial charge in [0.05, 0.1) is 11.4 Å². The highest BCUT2D eigenvalue weighted by molar-refractivity contribution is 7.90. The number of carbonyl (C=O) groups excluding carboxylic acids is 1. The third kappa shape index (κ3) is 5.21. The van der Waals surface area contributed by atoms with Crippen molar-refractivity contribution in [3.8, 4) is 5.75 Å². The van der Waals surface area contributed by atoms with Crippen molar-refractivity contribution < 1.29 is 17.9 Å². The Balaban J connectivity index is 2.03. The molecule has 0 aromatic heterocycles. The minimum absolute atomic E-state index is 0.132. The lowest BCUT2D eigenvalue weighted by Gasteiger charge is -2.19. The van der Waals surface area contributed by atoms with Crippen molar-refractivity contribution in [1.82, 2.24) is 4.90 Å². The second-order valence-electron chi connectivity index (χ2n) is 5.78. The van der Waals surface area contributed by atoms with Crippen LogP contribution >= 0.6 is 11.6 Å². The van der Waals surface area contributed by atoms with E-state index < -0.39 is 9.84 Å². The van der Waals surface area contributed by atoms with E-state index in [0.29, 0.717) is 29.5 Å². The van der Waals surface area contributed by atoms with E-state index in [1.807, 2.05) is 0 Å². The molecule has 25 heavy (non-hydrogen) atoms. The fourth-order valence-corrected chi connectivity index (χ4v) is 2.97. The highest BCUT2D eigenvalue weighted by atomic mass is 35.5. The molecule has 5 nitrogen and oxygen atoms in total. The molecular formula is C18H20ClNO4S. The van der Waals surface area contributed by atoms with Crippen LogP contribution in [-0.4, -0.2) is 45.7 Å². The van der Waals surface area contributed by atoms with Gasteiger partial charge in [-0.25, -0.2) is 8.42 Å². The topological polar surface area (TPSA) is 63.7 Å². The Morgan fingerprint density at radius 1 is 1.16 bits per heavy atom. The molecule has 0 saturated heterocycles. The highest BCUT2D eigenvalue weighted by Gasteiger charge is 2.17. The van der Waals surface area contributed by atoms with Gasteiger partial charge in [0.2, 0.25) is 0 Å². The normalized spacial score (nSPS) is 11.2. The van der Waals surface area contributed by atoms with E-state index in [1.165, 1.54) is 17.0 Å². The fourth-order valence-electron chi connectivity index (χ4n) is 2.20. The van der Waals surface area contributed by atoms with Gasteiger partial charge in [-0.2, -0.15) is 0 Å². The van der Waals surface area contributed by atoms with Gasteiger partial charge in [0.1, 0.15) is 12.4 Å². The van der Waals surface area contributed by atoms with Crippen LogP contribution in [0.1, 0.15) is 15.9 Å². The number of nitrogens with zero attached hydrogens (tertiary/aromatic N) is 1. The van der Waals surface area contributed by atoms with Gasteiger partial charge in [0, 0.05) is 23.9 Å². The summed E-state index contributed by atoms with van der Waals surface area (Å²) in [4.78, 5) is 14.2. The smallest absolute Gasteiger partial charge is 0.254 e. The lowest BCUT2D eigenvalue weighted by molar-refractivity contribution is 0.0773. The molecule has 134 valence electrons. The molecule has 2 rings (SSSR count). The van der Waals surface area contributed by atoms with Crippen molar-refractivity contribution in [2.45, 2.75) is 11.8 Å². The van der Waals surface area contributed by atoms with E-state index in [2.05, 4.69) is 0 Å². The summed E-state index contributed by atoms with van der Waals surface area (Å²) in [5.41, 5.74) is 1.10. The van der Waals surface area contributed by atoms with Crippen LogP contribution in [0.25, 0.3) is 0 Å². The fraction of sp³-hybridized carbons (Fsp3) is 0.278. The van der Waals surface area contributed by atoms with Crippen molar-refractivity contribution in [3.63, 3.8) is 0 Å². The first kappa shape index (κ1) is 19.3. The van der Waals surface area contributed by atoms with Crippen LogP contribution in [0.2, 0.25) is 5.02 Å². The average Bonchev–Trinajstić information content (AvgIpc) is 2.55. The molecule has 1 amide bonds. The molecule has 0 aliphatic heterocycles. The van der Waals surface area contributed by atoms with E-state index in [1.54, 1.807) is 44.3 Å². The molecule has 2 aromatic carbocycles. The maximum absolute atomic E-state index is 12.6. The first-order valence-electron chi connectivity index (χ1n) is 7.63. The van der Waals surface area contributed by atoms with Crippen molar-refractivity contribution in [1.29, 1.82) is 0 Å². The van der Waals surface area contributed by atoms with Crippen molar-refractivity contribution in [2.24, 2.45) is 0 Å². The SMILES string of the molecule is Cc1ccc(S(C)(=O)=O)cc1C(=O)N(C)CCOc1ccc(Cl)cc1. The predicted molar refractivity (Wildman–Crippen MR) is 98.2 cm³/mol. The third-order valence-electron chi connectivity index (χ3n) is 3.72. The standard InChI is InChI=1S/C18H20ClNO4S/c1-13-4-9-16(25(3,22)23)12-17(13)18(21)20(2)10-11-24-15-7-5-14(19)6-8-15/h4-9,12H,10-11H2,1-3H3. The number of ether oxygens (including phenoxy) is 1. The van der Waals surface area contributed by atoms with Crippen LogP contribution in [-0.2, 0) is 9.84 Å². The van der Waals surface area contributed by atoms with Gasteiger partial charge in [0.15, 0.2) is 9.84 Å². The number of likely N-dealkylation sites (N-methyl/N-ethyl adjacent to an activating group) is 1. The molecule has 0 atom stereocenters. The van der Waals surface area contributed by atoms with Crippen LogP contribution in [0.15, 0.2) is 47.4 Å². The minimum Gasteiger partial charge on any atom is -0.492 e. The summed E-state index contributed by atoms with van der Waals surface area (Å²) in [6.45, 7) is 2.45. The van der Waals surface area contributed by atoms with Gasteiger partial charge in [-0.3, -0.25) is 4.79 Å². The molecule has 0 aliphatic rings. The Morgan fingerprint density at radius 3 is 2.40 bits per heavy atom. The van der Waals surface area contributed by atoms with Gasteiger partial charge in [0.25, 0.3) is 5.91 Å². The largest absolute Gasteiger partial charge is 0.492 e. The maximum Gasteiger partial charge on any atom is 0.254 e. The molecule has 7 heteroatoms. The van der Waals surface area contributed by atoms with E-state index in [4.69, 9.17) is 16.3 Å². The van der Waals surface area contributed by atoms with Gasteiger partial charge < -0.3 is 9.64 Å². The number of hydrogen-bond acceptors (Lipinski definition) is 4. The van der Waals surface area contributed by atoms with E-state index in [9.17, 15) is 13.2 Å². The first-order chi connectivity index (χ1) is 11.7. The average molecular weight is 382 g/mol. The summed E-state index contributed by atoms with van der Waals surface area (Å²) < 4.78 is 29.0. The van der Waals surface area contributed by atoms with Gasteiger partial charge in [-0.05, 0) is 48.9 Å². The summed E-state index contributed by atoms with van der Waals surface area (Å²) >= 11 is 5.81. The number of rotatable bonds is 6. The van der Waals surface area contributed by atoms with Gasteiger partial charge >= 0.3 is 0 Å². The van der Waals surface area contributed by atoms with Crippen LogP contribution in [0.5, 0.6) is 5.75 Å². The Hall–Kier alpha value is -2.05. The van der Waals surface area contributed by atoms with Gasteiger partial charge in [-0.1, -0.05) is 17.7 Å². The monoisotopic (exact) mass is 381 g/mol. The molecule has 0 unspecified atom stereocenters. The highest BCUT2D eigenvalue weighted by Crippen LogP contribution is 2.18. The van der Waals surface area contributed by atoms with Crippen molar-refractivity contribution >= 4 is 27.3 Å². The second kappa shape index (κ2) is 7.89. The Kier molecular flexibility index (Phi) is 6.08. The Morgan fingerprint density at radius 2 is 1.80 bits per heavy atom. The zero-order valence-electron chi connectivity index (χ0n) is 14.3. The number of amides is 1. The molecule has 2 aromatic rings.